The van der Waals surface area contributed by atoms with Crippen LogP contribution in [0.4, 0.5) is 34.1 Å². The zero-order valence-corrected chi connectivity index (χ0v) is 38.0. The van der Waals surface area contributed by atoms with Crippen molar-refractivity contribution in [3.05, 3.63) is 285 Å². The fourth-order valence-electron chi connectivity index (χ4n) is 10.0. The molecule has 11 aromatic carbocycles. The lowest BCUT2D eigenvalue weighted by Crippen LogP contribution is -2.12. The molecular weight excluding hydrogens is 835 g/mol. The van der Waals surface area contributed by atoms with E-state index in [1.165, 1.54) is 60.8 Å². The smallest absolute Gasteiger partial charge is 0.0620 e. The van der Waals surface area contributed by atoms with Crippen LogP contribution in [0, 0.1) is 0 Å². The topological polar surface area (TPSA) is 11.4 Å². The molecule has 12 rings (SSSR count). The molecule has 0 radical (unpaired) electrons. The summed E-state index contributed by atoms with van der Waals surface area (Å²) < 4.78 is 2.48. The predicted octanol–water partition coefficient (Wildman–Crippen LogP) is 18.4. The Hall–Kier alpha value is -9.18. The highest BCUT2D eigenvalue weighted by atomic mass is 15.2. The average Bonchev–Trinajstić information content (AvgIpc) is 3.79. The van der Waals surface area contributed by atoms with Crippen LogP contribution in [0.2, 0.25) is 0 Å². The molecule has 0 aliphatic rings. The first-order chi connectivity index (χ1) is 34.3. The van der Waals surface area contributed by atoms with Crippen molar-refractivity contribution in [2.75, 3.05) is 9.80 Å². The highest BCUT2D eigenvalue weighted by Gasteiger charge is 2.25. The van der Waals surface area contributed by atoms with Gasteiger partial charge in [0.2, 0.25) is 0 Å². The van der Waals surface area contributed by atoms with Crippen LogP contribution >= 0.6 is 0 Å². The summed E-state index contributed by atoms with van der Waals surface area (Å²) in [5.74, 6) is 0. The average molecular weight is 882 g/mol. The largest absolute Gasteiger partial charge is 0.311 e. The SMILES string of the molecule is c1ccc(-c2ccc(N(c3ccc(-c4cc5c(-c6ccccc6)c(-c6ccccc6)n(-c6ccccc6)c5c5ccccc45)cc3)c3ccc(N(c4ccccc4)c4ccccc4)cc3)cc2)cc1. The van der Waals surface area contributed by atoms with Gasteiger partial charge < -0.3 is 14.4 Å². The predicted molar refractivity (Wildman–Crippen MR) is 292 cm³/mol. The number of aromatic nitrogens is 1. The van der Waals surface area contributed by atoms with Crippen molar-refractivity contribution in [2.45, 2.75) is 0 Å². The van der Waals surface area contributed by atoms with Gasteiger partial charge in [-0.05, 0) is 130 Å². The molecule has 0 amide bonds. The monoisotopic (exact) mass is 881 g/mol. The lowest BCUT2D eigenvalue weighted by Gasteiger charge is -2.28. The standard InChI is InChI=1S/C66H47N3/c1-7-21-48(22-8-1)49-35-39-56(40-36-49)68(59-45-43-58(44-46-59)67(53-27-13-4-14-28-53)54-29-15-5-16-30-54)57-41-37-50(38-42-57)62-47-63-64(51-23-9-2-10-24-51)65(52-25-11-3-12-26-52)69(55-31-17-6-18-32-55)66(63)61-34-20-19-33-60(61)62/h1-47H. The molecule has 0 aliphatic carbocycles. The van der Waals surface area contributed by atoms with E-state index in [9.17, 15) is 0 Å². The minimum atomic E-state index is 1.06. The minimum absolute atomic E-state index is 1.06. The number of nitrogens with zero attached hydrogens (tertiary/aromatic N) is 3. The van der Waals surface area contributed by atoms with Crippen LogP contribution < -0.4 is 9.80 Å². The first-order valence-electron chi connectivity index (χ1n) is 23.6. The van der Waals surface area contributed by atoms with E-state index in [1.54, 1.807) is 0 Å². The van der Waals surface area contributed by atoms with Gasteiger partial charge in [0.15, 0.2) is 0 Å². The van der Waals surface area contributed by atoms with Crippen molar-refractivity contribution in [3.8, 4) is 50.3 Å². The van der Waals surface area contributed by atoms with Crippen molar-refractivity contribution in [1.29, 1.82) is 0 Å². The molecule has 1 aromatic heterocycles. The lowest BCUT2D eigenvalue weighted by atomic mass is 9.92. The maximum Gasteiger partial charge on any atom is 0.0620 e. The Kier molecular flexibility index (Phi) is 10.9. The first-order valence-corrected chi connectivity index (χ1v) is 23.6. The lowest BCUT2D eigenvalue weighted by molar-refractivity contribution is 1.14. The van der Waals surface area contributed by atoms with E-state index in [4.69, 9.17) is 0 Å². The fraction of sp³-hybridized carbons (Fsp3) is 0. The summed E-state index contributed by atoms with van der Waals surface area (Å²) in [6.45, 7) is 0. The van der Waals surface area contributed by atoms with Crippen LogP contribution in [-0.4, -0.2) is 4.57 Å². The van der Waals surface area contributed by atoms with Crippen molar-refractivity contribution >= 4 is 55.8 Å². The van der Waals surface area contributed by atoms with Crippen LogP contribution in [0.1, 0.15) is 0 Å². The number of fused-ring (bicyclic) bond motifs is 3. The van der Waals surface area contributed by atoms with Gasteiger partial charge in [-0.1, -0.05) is 194 Å². The van der Waals surface area contributed by atoms with Crippen LogP contribution in [0.3, 0.4) is 0 Å². The van der Waals surface area contributed by atoms with Gasteiger partial charge in [0.1, 0.15) is 0 Å². The molecule has 12 aromatic rings. The van der Waals surface area contributed by atoms with Gasteiger partial charge >= 0.3 is 0 Å². The Morgan fingerprint density at radius 3 is 1.09 bits per heavy atom. The van der Waals surface area contributed by atoms with Crippen molar-refractivity contribution in [1.82, 2.24) is 4.57 Å². The number of para-hydroxylation sites is 3. The van der Waals surface area contributed by atoms with E-state index < -0.39 is 0 Å². The second-order valence-electron chi connectivity index (χ2n) is 17.3. The van der Waals surface area contributed by atoms with Crippen LogP contribution in [0.5, 0.6) is 0 Å². The summed E-state index contributed by atoms with van der Waals surface area (Å²) in [5, 5.41) is 3.62. The summed E-state index contributed by atoms with van der Waals surface area (Å²) in [6, 6.07) is 103. The molecule has 69 heavy (non-hydrogen) atoms. The van der Waals surface area contributed by atoms with Crippen LogP contribution in [0.25, 0.3) is 72.0 Å². The molecule has 0 unspecified atom stereocenters. The third-order valence-corrected chi connectivity index (χ3v) is 13.2. The maximum absolute atomic E-state index is 2.48. The van der Waals surface area contributed by atoms with Crippen molar-refractivity contribution in [3.63, 3.8) is 0 Å². The highest BCUT2D eigenvalue weighted by Crippen LogP contribution is 2.48. The molecule has 3 nitrogen and oxygen atoms in total. The summed E-state index contributed by atoms with van der Waals surface area (Å²) in [7, 11) is 0. The quantitative estimate of drug-likeness (QED) is 0.128. The normalized spacial score (nSPS) is 11.2. The zero-order valence-electron chi connectivity index (χ0n) is 38.0. The number of benzene rings is 11. The Morgan fingerprint density at radius 1 is 0.246 bits per heavy atom. The van der Waals surface area contributed by atoms with Gasteiger partial charge in [0, 0.05) is 56.1 Å². The van der Waals surface area contributed by atoms with E-state index in [1.807, 2.05) is 0 Å². The molecule has 0 spiro atoms. The van der Waals surface area contributed by atoms with E-state index in [2.05, 4.69) is 299 Å². The molecule has 1 heterocycles. The Bertz CT molecular complexity index is 3610. The van der Waals surface area contributed by atoms with Crippen LogP contribution in [-0.2, 0) is 0 Å². The summed E-state index contributed by atoms with van der Waals surface area (Å²) in [5.41, 5.74) is 18.3. The van der Waals surface area contributed by atoms with Gasteiger partial charge in [0.05, 0.1) is 11.2 Å². The fourth-order valence-corrected chi connectivity index (χ4v) is 10.0. The molecule has 0 saturated heterocycles. The Balaban J connectivity index is 1.01. The van der Waals surface area contributed by atoms with Crippen LogP contribution in [0.15, 0.2) is 285 Å². The number of rotatable bonds is 11. The molecule has 0 aliphatic heterocycles. The Labute approximate surface area is 403 Å². The molecule has 326 valence electrons. The highest BCUT2D eigenvalue weighted by molar-refractivity contribution is 6.20. The molecule has 0 N–H and O–H groups in total. The summed E-state index contributed by atoms with van der Waals surface area (Å²) in [4.78, 5) is 4.66. The zero-order chi connectivity index (χ0) is 45.9. The van der Waals surface area contributed by atoms with Gasteiger partial charge in [0.25, 0.3) is 0 Å². The number of hydrogen-bond acceptors (Lipinski definition) is 2. The first kappa shape index (κ1) is 41.3. The second-order valence-corrected chi connectivity index (χ2v) is 17.3. The van der Waals surface area contributed by atoms with Crippen molar-refractivity contribution in [2.24, 2.45) is 0 Å². The van der Waals surface area contributed by atoms with Gasteiger partial charge in [-0.2, -0.15) is 0 Å². The summed E-state index contributed by atoms with van der Waals surface area (Å²) >= 11 is 0. The van der Waals surface area contributed by atoms with Gasteiger partial charge in [-0.3, -0.25) is 0 Å². The van der Waals surface area contributed by atoms with E-state index in [-0.39, 0.29) is 0 Å². The molecule has 0 atom stereocenters. The molecule has 3 heteroatoms. The third-order valence-electron chi connectivity index (χ3n) is 13.2. The van der Waals surface area contributed by atoms with Gasteiger partial charge in [-0.25, -0.2) is 0 Å². The number of anilines is 6. The second kappa shape index (κ2) is 18.2. The summed E-state index contributed by atoms with van der Waals surface area (Å²) in [6.07, 6.45) is 0. The van der Waals surface area contributed by atoms with Gasteiger partial charge in [-0.15, -0.1) is 0 Å². The van der Waals surface area contributed by atoms with E-state index in [0.717, 1.165) is 45.4 Å². The Morgan fingerprint density at radius 2 is 0.594 bits per heavy atom. The van der Waals surface area contributed by atoms with E-state index in [0.29, 0.717) is 0 Å². The molecule has 0 bridgehead atoms. The maximum atomic E-state index is 2.48. The molecule has 0 saturated carbocycles. The number of hydrogen-bond donors (Lipinski definition) is 0. The van der Waals surface area contributed by atoms with E-state index >= 15 is 0 Å². The molecular formula is C66H47N3. The minimum Gasteiger partial charge on any atom is -0.311 e. The van der Waals surface area contributed by atoms with Crippen molar-refractivity contribution < 1.29 is 0 Å². The third kappa shape index (κ3) is 7.82. The molecule has 0 fully saturated rings.